The maximum atomic E-state index is 6.14. The fourth-order valence-electron chi connectivity index (χ4n) is 1.72. The van der Waals surface area contributed by atoms with Gasteiger partial charge in [0, 0.05) is 0 Å². The summed E-state index contributed by atoms with van der Waals surface area (Å²) in [7, 11) is 0. The number of pyridine rings is 1. The molecular weight excluding hydrogens is 242 g/mol. The number of aromatic nitrogens is 2. The zero-order valence-corrected chi connectivity index (χ0v) is 9.16. The first-order valence-electron chi connectivity index (χ1n) is 4.62. The van der Waals surface area contributed by atoms with Gasteiger partial charge in [-0.2, -0.15) is 0 Å². The third-order valence-corrected chi connectivity index (χ3v) is 3.36. The van der Waals surface area contributed by atoms with E-state index in [9.17, 15) is 0 Å². The predicted molar refractivity (Wildman–Crippen MR) is 58.0 cm³/mol. The molecule has 0 saturated heterocycles. The Hall–Kier alpha value is -0.870. The summed E-state index contributed by atoms with van der Waals surface area (Å²) in [6, 6.07) is 6.04. The number of imidazole rings is 1. The summed E-state index contributed by atoms with van der Waals surface area (Å²) in [5.74, 6) is 0.972. The number of nitrogens with zero attached hydrogens (tertiary/aromatic N) is 2. The zero-order chi connectivity index (χ0) is 9.76. The maximum absolute atomic E-state index is 6.14. The SMILES string of the molecule is NC1(c2ncc3cccc(Br)n23)CC1. The molecule has 0 aliphatic heterocycles. The van der Waals surface area contributed by atoms with Crippen LogP contribution >= 0.6 is 15.9 Å². The second-order valence-electron chi connectivity index (χ2n) is 3.85. The van der Waals surface area contributed by atoms with Crippen LogP contribution in [0, 0.1) is 0 Å². The number of hydrogen-bond acceptors (Lipinski definition) is 2. The molecule has 1 saturated carbocycles. The molecule has 2 heterocycles. The van der Waals surface area contributed by atoms with Crippen molar-refractivity contribution in [2.24, 2.45) is 5.73 Å². The highest BCUT2D eigenvalue weighted by Gasteiger charge is 2.43. The molecule has 1 fully saturated rings. The van der Waals surface area contributed by atoms with Gasteiger partial charge in [-0.3, -0.25) is 4.40 Å². The van der Waals surface area contributed by atoms with E-state index >= 15 is 0 Å². The average Bonchev–Trinajstić information content (AvgIpc) is 2.77. The van der Waals surface area contributed by atoms with Gasteiger partial charge in [0.1, 0.15) is 5.82 Å². The molecule has 0 aromatic carbocycles. The van der Waals surface area contributed by atoms with Crippen LogP contribution in [0.3, 0.4) is 0 Å². The van der Waals surface area contributed by atoms with Crippen molar-refractivity contribution in [3.63, 3.8) is 0 Å². The Balaban J connectivity index is 2.35. The zero-order valence-electron chi connectivity index (χ0n) is 7.57. The lowest BCUT2D eigenvalue weighted by Gasteiger charge is -2.08. The molecule has 3 rings (SSSR count). The minimum Gasteiger partial charge on any atom is -0.319 e. The molecule has 0 atom stereocenters. The first-order chi connectivity index (χ1) is 6.71. The van der Waals surface area contributed by atoms with Gasteiger partial charge in [-0.15, -0.1) is 0 Å². The van der Waals surface area contributed by atoms with Gasteiger partial charge in [-0.25, -0.2) is 4.98 Å². The Bertz CT molecular complexity index is 499. The third kappa shape index (κ3) is 1.04. The second-order valence-corrected chi connectivity index (χ2v) is 4.66. The van der Waals surface area contributed by atoms with Gasteiger partial charge >= 0.3 is 0 Å². The van der Waals surface area contributed by atoms with Crippen LogP contribution < -0.4 is 5.73 Å². The van der Waals surface area contributed by atoms with E-state index in [1.165, 1.54) is 0 Å². The molecule has 0 amide bonds. The van der Waals surface area contributed by atoms with E-state index in [2.05, 4.69) is 25.3 Å². The maximum Gasteiger partial charge on any atom is 0.134 e. The topological polar surface area (TPSA) is 43.3 Å². The smallest absolute Gasteiger partial charge is 0.134 e. The number of rotatable bonds is 1. The van der Waals surface area contributed by atoms with Crippen molar-refractivity contribution in [2.45, 2.75) is 18.4 Å². The number of nitrogens with two attached hydrogens (primary N) is 1. The summed E-state index contributed by atoms with van der Waals surface area (Å²) < 4.78 is 3.09. The van der Waals surface area contributed by atoms with Gasteiger partial charge in [0.2, 0.25) is 0 Å². The van der Waals surface area contributed by atoms with Gasteiger partial charge in [-0.1, -0.05) is 6.07 Å². The van der Waals surface area contributed by atoms with Crippen LogP contribution in [0.25, 0.3) is 5.52 Å². The lowest BCUT2D eigenvalue weighted by molar-refractivity contribution is 0.666. The standard InChI is InChI=1S/C10H10BrN3/c11-8-3-1-2-7-6-13-9(14(7)8)10(12)4-5-10/h1-3,6H,4-5,12H2. The van der Waals surface area contributed by atoms with E-state index in [1.807, 2.05) is 24.4 Å². The van der Waals surface area contributed by atoms with Crippen LogP contribution in [0.2, 0.25) is 0 Å². The van der Waals surface area contributed by atoms with Gasteiger partial charge in [-0.05, 0) is 40.9 Å². The van der Waals surface area contributed by atoms with Crippen molar-refractivity contribution in [2.75, 3.05) is 0 Å². The van der Waals surface area contributed by atoms with Crippen LogP contribution in [0.5, 0.6) is 0 Å². The Kier molecular flexibility index (Phi) is 1.56. The van der Waals surface area contributed by atoms with Crippen LogP contribution in [0.1, 0.15) is 18.7 Å². The summed E-state index contributed by atoms with van der Waals surface area (Å²) in [5.41, 5.74) is 7.05. The Morgan fingerprint density at radius 2 is 2.21 bits per heavy atom. The molecular formula is C10H10BrN3. The largest absolute Gasteiger partial charge is 0.319 e. The van der Waals surface area contributed by atoms with Crippen molar-refractivity contribution in [1.29, 1.82) is 0 Å². The Morgan fingerprint density at radius 3 is 2.93 bits per heavy atom. The highest BCUT2D eigenvalue weighted by molar-refractivity contribution is 9.10. The molecule has 2 N–H and O–H groups in total. The third-order valence-electron chi connectivity index (χ3n) is 2.74. The average molecular weight is 252 g/mol. The molecule has 1 aliphatic rings. The number of fused-ring (bicyclic) bond motifs is 1. The van der Waals surface area contributed by atoms with Crippen LogP contribution in [-0.2, 0) is 5.54 Å². The van der Waals surface area contributed by atoms with Gasteiger partial charge in [0.15, 0.2) is 0 Å². The predicted octanol–water partition coefficient (Wildman–Crippen LogP) is 2.04. The van der Waals surface area contributed by atoms with E-state index in [-0.39, 0.29) is 5.54 Å². The second kappa shape index (κ2) is 2.58. The summed E-state index contributed by atoms with van der Waals surface area (Å²) in [6.45, 7) is 0. The first-order valence-corrected chi connectivity index (χ1v) is 5.41. The Labute approximate surface area is 90.1 Å². The molecule has 4 heteroatoms. The van der Waals surface area contributed by atoms with Crippen LogP contribution in [0.15, 0.2) is 29.0 Å². The van der Waals surface area contributed by atoms with Crippen LogP contribution in [0.4, 0.5) is 0 Å². The van der Waals surface area contributed by atoms with E-state index < -0.39 is 0 Å². The monoisotopic (exact) mass is 251 g/mol. The lowest BCUT2D eigenvalue weighted by atomic mass is 10.3. The molecule has 3 nitrogen and oxygen atoms in total. The van der Waals surface area contributed by atoms with E-state index in [0.29, 0.717) is 0 Å². The van der Waals surface area contributed by atoms with Crippen molar-refractivity contribution in [3.05, 3.63) is 34.8 Å². The highest BCUT2D eigenvalue weighted by atomic mass is 79.9. The molecule has 2 aromatic heterocycles. The summed E-state index contributed by atoms with van der Waals surface area (Å²) >= 11 is 3.51. The first kappa shape index (κ1) is 8.44. The van der Waals surface area contributed by atoms with E-state index in [0.717, 1.165) is 28.8 Å². The minimum absolute atomic E-state index is 0.184. The normalized spacial score (nSPS) is 18.7. The molecule has 2 aromatic rings. The van der Waals surface area contributed by atoms with Crippen molar-refractivity contribution in [1.82, 2.24) is 9.38 Å². The fourth-order valence-corrected chi connectivity index (χ4v) is 2.24. The molecule has 0 bridgehead atoms. The summed E-state index contributed by atoms with van der Waals surface area (Å²) in [4.78, 5) is 4.40. The molecule has 72 valence electrons. The highest BCUT2D eigenvalue weighted by Crippen LogP contribution is 2.42. The van der Waals surface area contributed by atoms with E-state index in [1.54, 1.807) is 0 Å². The lowest BCUT2D eigenvalue weighted by Crippen LogP contribution is -2.22. The van der Waals surface area contributed by atoms with Crippen molar-refractivity contribution in [3.8, 4) is 0 Å². The van der Waals surface area contributed by atoms with Crippen LogP contribution in [-0.4, -0.2) is 9.38 Å². The van der Waals surface area contributed by atoms with E-state index in [4.69, 9.17) is 5.73 Å². The quantitative estimate of drug-likeness (QED) is 0.789. The van der Waals surface area contributed by atoms with Gasteiger partial charge in [0.25, 0.3) is 0 Å². The van der Waals surface area contributed by atoms with Gasteiger partial charge < -0.3 is 5.73 Å². The fraction of sp³-hybridized carbons (Fsp3) is 0.300. The molecule has 0 spiro atoms. The minimum atomic E-state index is -0.184. The number of hydrogen-bond donors (Lipinski definition) is 1. The summed E-state index contributed by atoms with van der Waals surface area (Å²) in [5, 5.41) is 0. The van der Waals surface area contributed by atoms with Gasteiger partial charge in [0.05, 0.1) is 21.9 Å². The molecule has 0 radical (unpaired) electrons. The molecule has 0 unspecified atom stereocenters. The Morgan fingerprint density at radius 1 is 1.43 bits per heavy atom. The molecule has 14 heavy (non-hydrogen) atoms. The van der Waals surface area contributed by atoms with Crippen molar-refractivity contribution >= 4 is 21.4 Å². The van der Waals surface area contributed by atoms with Crippen molar-refractivity contribution < 1.29 is 0 Å². The molecule has 1 aliphatic carbocycles. The number of halogens is 1. The summed E-state index contributed by atoms with van der Waals surface area (Å²) in [6.07, 6.45) is 3.94.